The molecule has 0 saturated carbocycles. The normalized spacial score (nSPS) is 30.2. The number of methoxy groups -OCH3 is 1. The second-order valence-corrected chi connectivity index (χ2v) is 7.41. The fourth-order valence-electron chi connectivity index (χ4n) is 3.29. The van der Waals surface area contributed by atoms with E-state index in [1.165, 1.54) is 32.7 Å². The summed E-state index contributed by atoms with van der Waals surface area (Å²) in [5.74, 6) is 0.865. The first kappa shape index (κ1) is 17.5. The van der Waals surface area contributed by atoms with Gasteiger partial charge in [-0.15, -0.1) is 0 Å². The fourth-order valence-corrected chi connectivity index (χ4v) is 3.29. The molecule has 2 N–H and O–H groups in total. The summed E-state index contributed by atoms with van der Waals surface area (Å²) in [4.78, 5) is 9.48. The number of aliphatic imine (C=N–C) groups is 1. The van der Waals surface area contributed by atoms with E-state index in [9.17, 15) is 0 Å². The van der Waals surface area contributed by atoms with Gasteiger partial charge in [-0.3, -0.25) is 14.8 Å². The molecule has 2 bridgehead atoms. The Morgan fingerprint density at radius 2 is 1.91 bits per heavy atom. The third kappa shape index (κ3) is 4.57. The molecule has 2 atom stereocenters. The smallest absolute Gasteiger partial charge is 0.191 e. The van der Waals surface area contributed by atoms with Crippen molar-refractivity contribution < 1.29 is 4.74 Å². The molecule has 0 aliphatic carbocycles. The van der Waals surface area contributed by atoms with E-state index in [2.05, 4.69) is 46.2 Å². The minimum Gasteiger partial charge on any atom is -0.379 e. The quantitative estimate of drug-likeness (QED) is 0.562. The first-order valence-electron chi connectivity index (χ1n) is 8.37. The first-order valence-corrected chi connectivity index (χ1v) is 8.37. The minimum atomic E-state index is 0.113. The van der Waals surface area contributed by atoms with Crippen LogP contribution in [0.15, 0.2) is 4.99 Å². The molecule has 3 rings (SSSR count). The molecule has 3 heterocycles. The zero-order valence-electron chi connectivity index (χ0n) is 14.9. The lowest BCUT2D eigenvalue weighted by Gasteiger charge is -2.47. The summed E-state index contributed by atoms with van der Waals surface area (Å²) in [6.07, 6.45) is 0.159. The molecule has 2 unspecified atom stereocenters. The number of hydrogen-bond acceptors (Lipinski definition) is 4. The van der Waals surface area contributed by atoms with Gasteiger partial charge in [0.1, 0.15) is 0 Å². The molecule has 0 aromatic heterocycles. The zero-order chi connectivity index (χ0) is 16.2. The summed E-state index contributed by atoms with van der Waals surface area (Å²) in [7, 11) is 3.60. The van der Waals surface area contributed by atoms with Gasteiger partial charge >= 0.3 is 0 Å². The van der Waals surface area contributed by atoms with Crippen molar-refractivity contribution >= 4 is 5.96 Å². The third-order valence-corrected chi connectivity index (χ3v) is 4.83. The van der Waals surface area contributed by atoms with Crippen LogP contribution in [0.2, 0.25) is 0 Å². The second kappa shape index (κ2) is 7.62. The van der Waals surface area contributed by atoms with Crippen molar-refractivity contribution in [2.75, 3.05) is 60.0 Å². The Morgan fingerprint density at radius 3 is 2.36 bits per heavy atom. The predicted molar refractivity (Wildman–Crippen MR) is 91.4 cm³/mol. The van der Waals surface area contributed by atoms with Crippen molar-refractivity contribution in [1.82, 2.24) is 20.4 Å². The second-order valence-electron chi connectivity index (χ2n) is 7.41. The number of ether oxygens (including phenoxy) is 1. The third-order valence-electron chi connectivity index (χ3n) is 4.83. The average molecular weight is 311 g/mol. The number of piperazine rings is 3. The lowest BCUT2D eigenvalue weighted by atomic mass is 9.89. The molecule has 22 heavy (non-hydrogen) atoms. The Kier molecular flexibility index (Phi) is 6.06. The van der Waals surface area contributed by atoms with Crippen LogP contribution in [0.1, 0.15) is 20.8 Å². The highest BCUT2D eigenvalue weighted by Crippen LogP contribution is 2.21. The van der Waals surface area contributed by atoms with E-state index in [4.69, 9.17) is 4.74 Å². The molecule has 6 nitrogen and oxygen atoms in total. The fraction of sp³-hybridized carbons (Fsp3) is 0.938. The van der Waals surface area contributed by atoms with Gasteiger partial charge in [0.2, 0.25) is 0 Å². The Bertz CT molecular complexity index is 371. The van der Waals surface area contributed by atoms with Crippen LogP contribution < -0.4 is 10.6 Å². The van der Waals surface area contributed by atoms with Crippen molar-refractivity contribution in [2.24, 2.45) is 10.4 Å². The molecule has 0 aromatic rings. The number of rotatable bonds is 5. The first-order chi connectivity index (χ1) is 10.4. The van der Waals surface area contributed by atoms with Gasteiger partial charge in [0.15, 0.2) is 5.96 Å². The summed E-state index contributed by atoms with van der Waals surface area (Å²) in [6.45, 7) is 14.3. The largest absolute Gasteiger partial charge is 0.379 e. The van der Waals surface area contributed by atoms with E-state index in [1.807, 2.05) is 7.05 Å². The van der Waals surface area contributed by atoms with E-state index < -0.39 is 0 Å². The number of nitrogens with one attached hydrogen (secondary N) is 2. The van der Waals surface area contributed by atoms with Crippen molar-refractivity contribution in [3.8, 4) is 0 Å². The molecule has 0 amide bonds. The van der Waals surface area contributed by atoms with Crippen molar-refractivity contribution in [1.29, 1.82) is 0 Å². The van der Waals surface area contributed by atoms with E-state index in [0.29, 0.717) is 6.04 Å². The van der Waals surface area contributed by atoms with Crippen molar-refractivity contribution in [2.45, 2.75) is 32.9 Å². The van der Waals surface area contributed by atoms with Gasteiger partial charge < -0.3 is 15.4 Å². The Hall–Kier alpha value is -0.850. The molecule has 128 valence electrons. The summed E-state index contributed by atoms with van der Waals surface area (Å²) in [6, 6.07) is 0.599. The van der Waals surface area contributed by atoms with Crippen LogP contribution in [0.3, 0.4) is 0 Å². The SMILES string of the molecule is CN=C(NCC1CN2CCN1CC2)NCC(OC)C(C)(C)C. The van der Waals surface area contributed by atoms with Gasteiger partial charge in [-0.2, -0.15) is 0 Å². The van der Waals surface area contributed by atoms with E-state index in [1.54, 1.807) is 7.11 Å². The molecule has 3 aliphatic heterocycles. The van der Waals surface area contributed by atoms with Crippen LogP contribution in [-0.4, -0.2) is 87.9 Å². The highest BCUT2D eigenvalue weighted by Gasteiger charge is 2.31. The number of guanidine groups is 1. The lowest BCUT2D eigenvalue weighted by Crippen LogP contribution is -2.64. The van der Waals surface area contributed by atoms with Gasteiger partial charge in [0.05, 0.1) is 6.10 Å². The average Bonchev–Trinajstić information content (AvgIpc) is 2.50. The molecule has 3 fully saturated rings. The maximum absolute atomic E-state index is 5.58. The zero-order valence-corrected chi connectivity index (χ0v) is 14.9. The van der Waals surface area contributed by atoms with Crippen LogP contribution in [-0.2, 0) is 4.74 Å². The van der Waals surface area contributed by atoms with E-state index in [0.717, 1.165) is 19.0 Å². The molecular weight excluding hydrogens is 278 g/mol. The molecule has 6 heteroatoms. The Morgan fingerprint density at radius 1 is 1.23 bits per heavy atom. The van der Waals surface area contributed by atoms with Crippen LogP contribution in [0.4, 0.5) is 0 Å². The standard InChI is InChI=1S/C16H33N5O/c1-16(2,3)14(22-5)11-19-15(17-4)18-10-13-12-20-6-8-21(13)9-7-20/h13-14H,6-12H2,1-5H3,(H2,17,18,19). The van der Waals surface area contributed by atoms with Crippen LogP contribution in [0.25, 0.3) is 0 Å². The predicted octanol–water partition coefficient (Wildman–Crippen LogP) is 0.212. The molecular formula is C16H33N5O. The van der Waals surface area contributed by atoms with Gasteiger partial charge in [-0.05, 0) is 5.41 Å². The van der Waals surface area contributed by atoms with Crippen molar-refractivity contribution in [3.05, 3.63) is 0 Å². The summed E-state index contributed by atoms with van der Waals surface area (Å²) >= 11 is 0. The summed E-state index contributed by atoms with van der Waals surface area (Å²) in [5, 5.41) is 6.86. The molecule has 0 aromatic carbocycles. The lowest BCUT2D eigenvalue weighted by molar-refractivity contribution is 0.0148. The minimum absolute atomic E-state index is 0.113. The topological polar surface area (TPSA) is 52.1 Å². The highest BCUT2D eigenvalue weighted by molar-refractivity contribution is 5.79. The monoisotopic (exact) mass is 311 g/mol. The van der Waals surface area contributed by atoms with Crippen LogP contribution in [0, 0.1) is 5.41 Å². The molecule has 3 saturated heterocycles. The van der Waals surface area contributed by atoms with Crippen LogP contribution in [0.5, 0.6) is 0 Å². The highest BCUT2D eigenvalue weighted by atomic mass is 16.5. The van der Waals surface area contributed by atoms with Gasteiger partial charge in [0, 0.05) is 66.0 Å². The number of fused-ring (bicyclic) bond motifs is 3. The molecule has 0 radical (unpaired) electrons. The number of nitrogens with zero attached hydrogens (tertiary/aromatic N) is 3. The van der Waals surface area contributed by atoms with E-state index >= 15 is 0 Å². The van der Waals surface area contributed by atoms with Gasteiger partial charge in [0.25, 0.3) is 0 Å². The summed E-state index contributed by atoms with van der Waals surface area (Å²) in [5.41, 5.74) is 0.113. The number of hydrogen-bond donors (Lipinski definition) is 2. The molecule has 0 spiro atoms. The van der Waals surface area contributed by atoms with Crippen LogP contribution >= 0.6 is 0 Å². The van der Waals surface area contributed by atoms with Gasteiger partial charge in [-0.25, -0.2) is 0 Å². The van der Waals surface area contributed by atoms with Crippen molar-refractivity contribution in [3.63, 3.8) is 0 Å². The Balaban J connectivity index is 1.76. The Labute approximate surface area is 135 Å². The van der Waals surface area contributed by atoms with E-state index in [-0.39, 0.29) is 11.5 Å². The summed E-state index contributed by atoms with van der Waals surface area (Å²) < 4.78 is 5.58. The van der Waals surface area contributed by atoms with Gasteiger partial charge in [-0.1, -0.05) is 20.8 Å². The molecule has 3 aliphatic rings. The maximum Gasteiger partial charge on any atom is 0.191 e. The maximum atomic E-state index is 5.58.